The lowest BCUT2D eigenvalue weighted by Crippen LogP contribution is -2.16. The second kappa shape index (κ2) is 15.4. The zero-order valence-corrected chi connectivity index (χ0v) is 20.4. The number of nitrogens with zero attached hydrogens (tertiary/aromatic N) is 1. The molecule has 0 aliphatic rings. The van der Waals surface area contributed by atoms with Crippen molar-refractivity contribution in [3.05, 3.63) is 64.1 Å². The van der Waals surface area contributed by atoms with Crippen LogP contribution in [0.1, 0.15) is 87.1 Å². The summed E-state index contributed by atoms with van der Waals surface area (Å²) in [5.74, 6) is -0.0527. The molecule has 0 fully saturated rings. The molecule has 0 unspecified atom stereocenters. The summed E-state index contributed by atoms with van der Waals surface area (Å²) < 4.78 is 6.08. The van der Waals surface area contributed by atoms with Crippen LogP contribution in [-0.4, -0.2) is 18.1 Å². The molecular formula is C26H33BrN2O3. The maximum Gasteiger partial charge on any atom is 0.344 e. The van der Waals surface area contributed by atoms with Crippen molar-refractivity contribution in [3.63, 3.8) is 0 Å². The summed E-state index contributed by atoms with van der Waals surface area (Å²) in [6, 6.07) is 14.1. The smallest absolute Gasteiger partial charge is 0.344 e. The molecule has 0 atom stereocenters. The molecule has 0 aliphatic carbocycles. The van der Waals surface area contributed by atoms with Crippen LogP contribution in [0.5, 0.6) is 5.75 Å². The quantitative estimate of drug-likeness (QED) is 0.0993. The number of hydrogen-bond donors (Lipinski definition) is 1. The van der Waals surface area contributed by atoms with Crippen molar-refractivity contribution in [2.45, 2.75) is 71.1 Å². The first-order valence-electron chi connectivity index (χ1n) is 11.5. The van der Waals surface area contributed by atoms with Gasteiger partial charge in [0, 0.05) is 10.9 Å². The molecule has 0 aliphatic heterocycles. The second-order valence-corrected chi connectivity index (χ2v) is 8.66. The minimum atomic E-state index is -0.428. The highest BCUT2D eigenvalue weighted by atomic mass is 79.9. The average molecular weight is 501 g/mol. The summed E-state index contributed by atoms with van der Waals surface area (Å²) in [4.78, 5) is 24.1. The summed E-state index contributed by atoms with van der Waals surface area (Å²) in [5, 5.41) is 4.01. The van der Waals surface area contributed by atoms with Gasteiger partial charge in [-0.2, -0.15) is 5.10 Å². The number of hydrazone groups is 1. The van der Waals surface area contributed by atoms with Crippen molar-refractivity contribution in [3.8, 4) is 5.75 Å². The molecule has 0 heterocycles. The predicted molar refractivity (Wildman–Crippen MR) is 133 cm³/mol. The van der Waals surface area contributed by atoms with Crippen molar-refractivity contribution < 1.29 is 14.3 Å². The summed E-state index contributed by atoms with van der Waals surface area (Å²) in [6.07, 6.45) is 13.1. The molecule has 0 radical (unpaired) electrons. The maximum absolute atomic E-state index is 12.2. The third-order valence-electron chi connectivity index (χ3n) is 5.09. The standard InChI is InChI=1S/C26H33BrN2O3/c1-2-3-4-5-6-7-8-9-10-15-25(30)29-28-20-21-16-18-22(19-17-21)32-26(31)23-13-11-12-14-24(23)27/h11-14,16-20H,2-10,15H2,1H3,(H,29,30)/b28-20-. The number of hydrogen-bond acceptors (Lipinski definition) is 4. The highest BCUT2D eigenvalue weighted by Gasteiger charge is 2.11. The Bertz CT molecular complexity index is 866. The first-order chi connectivity index (χ1) is 15.6. The fourth-order valence-electron chi connectivity index (χ4n) is 3.24. The van der Waals surface area contributed by atoms with E-state index in [9.17, 15) is 9.59 Å². The van der Waals surface area contributed by atoms with E-state index in [1.54, 1.807) is 48.7 Å². The third kappa shape index (κ3) is 10.2. The molecule has 0 bridgehead atoms. The molecular weight excluding hydrogens is 468 g/mol. The number of carbonyl (C=O) groups excluding carboxylic acids is 2. The Balaban J connectivity index is 1.63. The van der Waals surface area contributed by atoms with E-state index in [0.717, 1.165) is 18.4 Å². The van der Waals surface area contributed by atoms with Gasteiger partial charge in [0.1, 0.15) is 5.75 Å². The molecule has 172 valence electrons. The van der Waals surface area contributed by atoms with E-state index in [2.05, 4.69) is 33.4 Å². The molecule has 2 aromatic carbocycles. The summed E-state index contributed by atoms with van der Waals surface area (Å²) >= 11 is 3.35. The zero-order chi connectivity index (χ0) is 23.0. The van der Waals surface area contributed by atoms with Crippen LogP contribution in [0.15, 0.2) is 58.1 Å². The highest BCUT2D eigenvalue weighted by molar-refractivity contribution is 9.10. The Hall–Kier alpha value is -2.47. The van der Waals surface area contributed by atoms with Gasteiger partial charge in [-0.05, 0) is 64.3 Å². The van der Waals surface area contributed by atoms with E-state index in [1.807, 2.05) is 6.07 Å². The topological polar surface area (TPSA) is 67.8 Å². The van der Waals surface area contributed by atoms with Crippen LogP contribution in [0.2, 0.25) is 0 Å². The number of rotatable bonds is 14. The van der Waals surface area contributed by atoms with Crippen molar-refractivity contribution in [1.29, 1.82) is 0 Å². The molecule has 0 saturated carbocycles. The molecule has 0 aromatic heterocycles. The monoisotopic (exact) mass is 500 g/mol. The van der Waals surface area contributed by atoms with E-state index >= 15 is 0 Å². The van der Waals surface area contributed by atoms with Crippen LogP contribution in [0.4, 0.5) is 0 Å². The Kier molecular flexibility index (Phi) is 12.4. The Labute approximate surface area is 199 Å². The van der Waals surface area contributed by atoms with Gasteiger partial charge in [0.25, 0.3) is 0 Å². The number of amides is 1. The number of halogens is 1. The van der Waals surface area contributed by atoms with Crippen LogP contribution >= 0.6 is 15.9 Å². The van der Waals surface area contributed by atoms with Crippen molar-refractivity contribution in [1.82, 2.24) is 5.43 Å². The van der Waals surface area contributed by atoms with Crippen LogP contribution < -0.4 is 10.2 Å². The average Bonchev–Trinajstić information content (AvgIpc) is 2.79. The highest BCUT2D eigenvalue weighted by Crippen LogP contribution is 2.19. The minimum absolute atomic E-state index is 0.0665. The fourth-order valence-corrected chi connectivity index (χ4v) is 3.69. The second-order valence-electron chi connectivity index (χ2n) is 7.81. The van der Waals surface area contributed by atoms with Crippen molar-refractivity contribution >= 4 is 34.0 Å². The lowest BCUT2D eigenvalue weighted by atomic mass is 10.1. The van der Waals surface area contributed by atoms with Crippen molar-refractivity contribution in [2.24, 2.45) is 5.10 Å². The lowest BCUT2D eigenvalue weighted by Gasteiger charge is -2.06. The first kappa shape index (κ1) is 25.8. The summed E-state index contributed by atoms with van der Waals surface area (Å²) in [7, 11) is 0. The molecule has 1 amide bonds. The van der Waals surface area contributed by atoms with Gasteiger partial charge in [-0.3, -0.25) is 4.79 Å². The first-order valence-corrected chi connectivity index (χ1v) is 12.3. The molecule has 32 heavy (non-hydrogen) atoms. The van der Waals surface area contributed by atoms with Crippen LogP contribution in [0.25, 0.3) is 0 Å². The van der Waals surface area contributed by atoms with Gasteiger partial charge in [-0.15, -0.1) is 0 Å². The van der Waals surface area contributed by atoms with Gasteiger partial charge >= 0.3 is 5.97 Å². The van der Waals surface area contributed by atoms with Gasteiger partial charge in [-0.25, -0.2) is 10.2 Å². The van der Waals surface area contributed by atoms with Crippen LogP contribution in [0.3, 0.4) is 0 Å². The minimum Gasteiger partial charge on any atom is -0.423 e. The molecule has 1 N–H and O–H groups in total. The molecule has 0 saturated heterocycles. The van der Waals surface area contributed by atoms with E-state index < -0.39 is 5.97 Å². The van der Waals surface area contributed by atoms with E-state index in [-0.39, 0.29) is 5.91 Å². The molecule has 0 spiro atoms. The van der Waals surface area contributed by atoms with E-state index in [0.29, 0.717) is 22.2 Å². The Morgan fingerprint density at radius 2 is 1.53 bits per heavy atom. The fraction of sp³-hybridized carbons (Fsp3) is 0.423. The molecule has 5 nitrogen and oxygen atoms in total. The van der Waals surface area contributed by atoms with E-state index in [1.165, 1.54) is 44.9 Å². The van der Waals surface area contributed by atoms with Gasteiger partial charge in [0.05, 0.1) is 11.8 Å². The molecule has 6 heteroatoms. The third-order valence-corrected chi connectivity index (χ3v) is 5.79. The predicted octanol–water partition coefficient (Wildman–Crippen LogP) is 7.04. The van der Waals surface area contributed by atoms with E-state index in [4.69, 9.17) is 4.74 Å². The summed E-state index contributed by atoms with van der Waals surface area (Å²) in [5.41, 5.74) is 3.84. The number of esters is 1. The number of benzene rings is 2. The van der Waals surface area contributed by atoms with Gasteiger partial charge < -0.3 is 4.74 Å². The number of ether oxygens (including phenoxy) is 1. The molecule has 2 aromatic rings. The van der Waals surface area contributed by atoms with Gasteiger partial charge in [0.2, 0.25) is 5.91 Å². The van der Waals surface area contributed by atoms with Crippen molar-refractivity contribution in [2.75, 3.05) is 0 Å². The number of carbonyl (C=O) groups is 2. The van der Waals surface area contributed by atoms with Crippen LogP contribution in [0, 0.1) is 0 Å². The normalized spacial score (nSPS) is 10.9. The summed E-state index contributed by atoms with van der Waals surface area (Å²) in [6.45, 7) is 2.23. The lowest BCUT2D eigenvalue weighted by molar-refractivity contribution is -0.121. The zero-order valence-electron chi connectivity index (χ0n) is 18.8. The maximum atomic E-state index is 12.2. The van der Waals surface area contributed by atoms with Crippen LogP contribution in [-0.2, 0) is 4.79 Å². The van der Waals surface area contributed by atoms with Gasteiger partial charge in [-0.1, -0.05) is 70.4 Å². The Morgan fingerprint density at radius 3 is 2.19 bits per heavy atom. The SMILES string of the molecule is CCCCCCCCCCCC(=O)N/N=C\c1ccc(OC(=O)c2ccccc2Br)cc1. The largest absolute Gasteiger partial charge is 0.423 e. The Morgan fingerprint density at radius 1 is 0.906 bits per heavy atom. The molecule has 2 rings (SSSR count). The number of unbranched alkanes of at least 4 members (excludes halogenated alkanes) is 8. The number of nitrogens with one attached hydrogen (secondary N) is 1. The van der Waals surface area contributed by atoms with Gasteiger partial charge in [0.15, 0.2) is 0 Å².